The van der Waals surface area contributed by atoms with Gasteiger partial charge in [-0.1, -0.05) is 52.3 Å². The first-order valence-electron chi connectivity index (χ1n) is 6.56. The number of nitrogens with two attached hydrogens (primary N) is 1. The third kappa shape index (κ3) is 1.99. The van der Waals surface area contributed by atoms with Crippen LogP contribution in [0.25, 0.3) is 33.3 Å². The summed E-state index contributed by atoms with van der Waals surface area (Å²) in [6, 6.07) is 18.0. The molecule has 2 N–H and O–H groups in total. The minimum atomic E-state index is 0.582. The Balaban J connectivity index is 2.03. The van der Waals surface area contributed by atoms with E-state index in [9.17, 15) is 0 Å². The molecule has 4 aromatic rings. The summed E-state index contributed by atoms with van der Waals surface area (Å²) < 4.78 is 6.78. The van der Waals surface area contributed by atoms with Gasteiger partial charge in [0.05, 0.1) is 5.69 Å². The van der Waals surface area contributed by atoms with Gasteiger partial charge in [-0.05, 0) is 29.0 Å². The molecule has 21 heavy (non-hydrogen) atoms. The van der Waals surface area contributed by atoms with Gasteiger partial charge in [-0.3, -0.25) is 0 Å². The van der Waals surface area contributed by atoms with Crippen molar-refractivity contribution >= 4 is 43.5 Å². The average Bonchev–Trinajstić information content (AvgIpc) is 2.90. The minimum Gasteiger partial charge on any atom is -0.434 e. The van der Waals surface area contributed by atoms with Gasteiger partial charge in [0.1, 0.15) is 5.52 Å². The molecule has 0 spiro atoms. The maximum absolute atomic E-state index is 6.00. The van der Waals surface area contributed by atoms with Gasteiger partial charge in [-0.25, -0.2) is 4.98 Å². The van der Waals surface area contributed by atoms with Crippen molar-refractivity contribution in [3.05, 3.63) is 59.1 Å². The summed E-state index contributed by atoms with van der Waals surface area (Å²) in [5, 5.41) is 2.27. The summed E-state index contributed by atoms with van der Waals surface area (Å²) in [6.45, 7) is 0. The van der Waals surface area contributed by atoms with E-state index in [-0.39, 0.29) is 0 Å². The Hall–Kier alpha value is -2.33. The van der Waals surface area contributed by atoms with Crippen molar-refractivity contribution in [3.8, 4) is 11.5 Å². The molecule has 0 radical (unpaired) electrons. The lowest BCUT2D eigenvalue weighted by Crippen LogP contribution is -1.84. The van der Waals surface area contributed by atoms with Gasteiger partial charge in [0.25, 0.3) is 0 Å². The highest BCUT2D eigenvalue weighted by Gasteiger charge is 2.13. The molecule has 0 bridgehead atoms. The van der Waals surface area contributed by atoms with E-state index < -0.39 is 0 Å². The van der Waals surface area contributed by atoms with Gasteiger partial charge in [-0.15, -0.1) is 0 Å². The molecule has 3 nitrogen and oxygen atoms in total. The monoisotopic (exact) mass is 338 g/mol. The molecule has 0 saturated heterocycles. The highest BCUT2D eigenvalue weighted by Crippen LogP contribution is 2.33. The normalized spacial score (nSPS) is 11.3. The number of fused-ring (bicyclic) bond motifs is 2. The molecular formula is C17H11BrN2O. The van der Waals surface area contributed by atoms with Crippen LogP contribution in [0.2, 0.25) is 0 Å². The lowest BCUT2D eigenvalue weighted by atomic mass is 10.0. The molecule has 102 valence electrons. The third-order valence-electron chi connectivity index (χ3n) is 3.50. The predicted molar refractivity (Wildman–Crippen MR) is 89.1 cm³/mol. The first-order chi connectivity index (χ1) is 10.2. The van der Waals surface area contributed by atoms with E-state index in [0.717, 1.165) is 26.3 Å². The number of oxazole rings is 1. The van der Waals surface area contributed by atoms with Crippen molar-refractivity contribution in [2.75, 3.05) is 5.73 Å². The van der Waals surface area contributed by atoms with Crippen molar-refractivity contribution in [3.63, 3.8) is 0 Å². The van der Waals surface area contributed by atoms with Gasteiger partial charge >= 0.3 is 0 Å². The topological polar surface area (TPSA) is 52.0 Å². The Bertz CT molecular complexity index is 970. The molecule has 0 fully saturated rings. The highest BCUT2D eigenvalue weighted by molar-refractivity contribution is 9.10. The molecule has 0 atom stereocenters. The zero-order chi connectivity index (χ0) is 14.4. The number of benzene rings is 3. The molecule has 0 aliphatic carbocycles. The fraction of sp³-hybridized carbons (Fsp3) is 0. The van der Waals surface area contributed by atoms with Crippen LogP contribution in [0.4, 0.5) is 5.69 Å². The second-order valence-corrected chi connectivity index (χ2v) is 5.80. The van der Waals surface area contributed by atoms with Crippen LogP contribution in [0, 0.1) is 0 Å². The third-order valence-corrected chi connectivity index (χ3v) is 3.96. The highest BCUT2D eigenvalue weighted by atomic mass is 79.9. The number of rotatable bonds is 1. The zero-order valence-corrected chi connectivity index (χ0v) is 12.6. The summed E-state index contributed by atoms with van der Waals surface area (Å²) in [7, 11) is 0. The molecule has 3 aromatic carbocycles. The van der Waals surface area contributed by atoms with Crippen molar-refractivity contribution in [2.45, 2.75) is 0 Å². The molecule has 4 rings (SSSR count). The standard InChI is InChI=1S/C17H11BrN2O/c18-11-8-14(19)16-15(9-11)20-17(21-16)13-7-3-5-10-4-1-2-6-12(10)13/h1-9H,19H2. The predicted octanol–water partition coefficient (Wildman–Crippen LogP) is 4.99. The summed E-state index contributed by atoms with van der Waals surface area (Å²) in [6.07, 6.45) is 0. The summed E-state index contributed by atoms with van der Waals surface area (Å²) >= 11 is 3.43. The summed E-state index contributed by atoms with van der Waals surface area (Å²) in [4.78, 5) is 4.58. The van der Waals surface area contributed by atoms with E-state index in [2.05, 4.69) is 39.1 Å². The van der Waals surface area contributed by atoms with Crippen LogP contribution in [0.1, 0.15) is 0 Å². The van der Waals surface area contributed by atoms with Gasteiger partial charge in [0.2, 0.25) is 5.89 Å². The Morgan fingerprint density at radius 1 is 1.00 bits per heavy atom. The molecule has 0 aliphatic rings. The van der Waals surface area contributed by atoms with Gasteiger partial charge in [0.15, 0.2) is 5.58 Å². The number of halogens is 1. The van der Waals surface area contributed by atoms with E-state index in [1.165, 1.54) is 0 Å². The quantitative estimate of drug-likeness (QED) is 0.497. The molecule has 4 heteroatoms. The van der Waals surface area contributed by atoms with Crippen LogP contribution in [0.5, 0.6) is 0 Å². The Kier molecular flexibility index (Phi) is 2.72. The van der Waals surface area contributed by atoms with Crippen LogP contribution in [0.3, 0.4) is 0 Å². The maximum Gasteiger partial charge on any atom is 0.228 e. The molecule has 0 saturated carbocycles. The van der Waals surface area contributed by atoms with Crippen molar-refractivity contribution in [1.29, 1.82) is 0 Å². The van der Waals surface area contributed by atoms with Crippen LogP contribution in [-0.4, -0.2) is 4.98 Å². The first kappa shape index (κ1) is 12.4. The Morgan fingerprint density at radius 3 is 2.71 bits per heavy atom. The van der Waals surface area contributed by atoms with Crippen molar-refractivity contribution in [1.82, 2.24) is 4.98 Å². The van der Waals surface area contributed by atoms with Crippen LogP contribution < -0.4 is 5.73 Å². The smallest absolute Gasteiger partial charge is 0.228 e. The van der Waals surface area contributed by atoms with Crippen LogP contribution in [0.15, 0.2) is 63.5 Å². The average molecular weight is 339 g/mol. The molecule has 0 amide bonds. The zero-order valence-electron chi connectivity index (χ0n) is 11.0. The SMILES string of the molecule is Nc1cc(Br)cc2nc(-c3cccc4ccccc34)oc12. The number of nitrogens with zero attached hydrogens (tertiary/aromatic N) is 1. The summed E-state index contributed by atoms with van der Waals surface area (Å²) in [5.41, 5.74) is 8.93. The second kappa shape index (κ2) is 4.60. The van der Waals surface area contributed by atoms with Gasteiger partial charge < -0.3 is 10.2 Å². The van der Waals surface area contributed by atoms with E-state index in [1.807, 2.05) is 36.4 Å². The van der Waals surface area contributed by atoms with Gasteiger partial charge in [-0.2, -0.15) is 0 Å². The van der Waals surface area contributed by atoms with Crippen molar-refractivity contribution in [2.24, 2.45) is 0 Å². The lowest BCUT2D eigenvalue weighted by molar-refractivity contribution is 0.622. The van der Waals surface area contributed by atoms with E-state index in [1.54, 1.807) is 0 Å². The Labute approximate surface area is 129 Å². The number of nitrogen functional groups attached to an aromatic ring is 1. The van der Waals surface area contributed by atoms with Gasteiger partial charge in [0, 0.05) is 10.0 Å². The first-order valence-corrected chi connectivity index (χ1v) is 7.35. The molecule has 0 aliphatic heterocycles. The largest absolute Gasteiger partial charge is 0.434 e. The maximum atomic E-state index is 6.00. The van der Waals surface area contributed by atoms with E-state index >= 15 is 0 Å². The molecular weight excluding hydrogens is 328 g/mol. The number of hydrogen-bond acceptors (Lipinski definition) is 3. The van der Waals surface area contributed by atoms with E-state index in [0.29, 0.717) is 17.2 Å². The summed E-state index contributed by atoms with van der Waals surface area (Å²) in [5.74, 6) is 0.589. The molecule has 1 heterocycles. The number of aromatic nitrogens is 1. The van der Waals surface area contributed by atoms with E-state index in [4.69, 9.17) is 10.2 Å². The lowest BCUT2D eigenvalue weighted by Gasteiger charge is -2.02. The Morgan fingerprint density at radius 2 is 1.81 bits per heavy atom. The van der Waals surface area contributed by atoms with Crippen molar-refractivity contribution < 1.29 is 4.42 Å². The fourth-order valence-corrected chi connectivity index (χ4v) is 3.01. The van der Waals surface area contributed by atoms with Crippen LogP contribution in [-0.2, 0) is 0 Å². The van der Waals surface area contributed by atoms with Crippen LogP contribution >= 0.6 is 15.9 Å². The minimum absolute atomic E-state index is 0.582. The number of hydrogen-bond donors (Lipinski definition) is 1. The molecule has 1 aromatic heterocycles. The second-order valence-electron chi connectivity index (χ2n) is 4.89. The fourth-order valence-electron chi connectivity index (χ4n) is 2.55. The molecule has 0 unspecified atom stereocenters. The number of anilines is 1.